The lowest BCUT2D eigenvalue weighted by Gasteiger charge is -2.16. The van der Waals surface area contributed by atoms with Crippen molar-refractivity contribution in [1.29, 1.82) is 0 Å². The Bertz CT molecular complexity index is 613. The maximum absolute atomic E-state index is 13.3. The van der Waals surface area contributed by atoms with Crippen molar-refractivity contribution in [1.82, 2.24) is 0 Å². The van der Waals surface area contributed by atoms with Gasteiger partial charge in [-0.15, -0.1) is 0 Å². The summed E-state index contributed by atoms with van der Waals surface area (Å²) in [5.74, 6) is 0.330. The van der Waals surface area contributed by atoms with Gasteiger partial charge in [-0.1, -0.05) is 28.1 Å². The summed E-state index contributed by atoms with van der Waals surface area (Å²) < 4.78 is 19.3. The van der Waals surface area contributed by atoms with E-state index in [0.717, 1.165) is 15.6 Å². The molecule has 2 rings (SSSR count). The first-order valence-electron chi connectivity index (χ1n) is 6.28. The molecule has 2 nitrogen and oxygen atoms in total. The first kappa shape index (κ1) is 15.0. The van der Waals surface area contributed by atoms with Gasteiger partial charge in [0.25, 0.3) is 0 Å². The van der Waals surface area contributed by atoms with Crippen molar-refractivity contribution in [3.63, 3.8) is 0 Å². The van der Waals surface area contributed by atoms with Crippen molar-refractivity contribution >= 4 is 15.9 Å². The van der Waals surface area contributed by atoms with Crippen LogP contribution >= 0.6 is 15.9 Å². The first-order chi connectivity index (χ1) is 9.51. The van der Waals surface area contributed by atoms with Crippen LogP contribution in [0.1, 0.15) is 22.8 Å². The Morgan fingerprint density at radius 3 is 2.70 bits per heavy atom. The number of aryl methyl sites for hydroxylation is 1. The minimum Gasteiger partial charge on any atom is -0.496 e. The van der Waals surface area contributed by atoms with Crippen LogP contribution < -0.4 is 4.74 Å². The Morgan fingerprint density at radius 1 is 1.25 bits per heavy atom. The van der Waals surface area contributed by atoms with Gasteiger partial charge in [-0.05, 0) is 42.3 Å². The number of aliphatic hydroxyl groups is 1. The summed E-state index contributed by atoms with van der Waals surface area (Å²) in [7, 11) is 1.57. The van der Waals surface area contributed by atoms with Crippen LogP contribution in [-0.2, 0) is 6.42 Å². The van der Waals surface area contributed by atoms with E-state index < -0.39 is 6.10 Å². The third-order valence-corrected chi connectivity index (χ3v) is 3.94. The van der Waals surface area contributed by atoms with Gasteiger partial charge in [0, 0.05) is 16.5 Å². The van der Waals surface area contributed by atoms with Gasteiger partial charge in [-0.25, -0.2) is 4.39 Å². The van der Waals surface area contributed by atoms with E-state index >= 15 is 0 Å². The molecule has 1 atom stereocenters. The number of rotatable bonds is 4. The highest BCUT2D eigenvalue weighted by Gasteiger charge is 2.15. The highest BCUT2D eigenvalue weighted by Crippen LogP contribution is 2.30. The fraction of sp³-hybridized carbons (Fsp3) is 0.250. The van der Waals surface area contributed by atoms with Crippen LogP contribution in [0.5, 0.6) is 5.75 Å². The molecule has 1 unspecified atom stereocenters. The second-order valence-electron chi connectivity index (χ2n) is 4.70. The van der Waals surface area contributed by atoms with Crippen LogP contribution in [0.25, 0.3) is 0 Å². The summed E-state index contributed by atoms with van der Waals surface area (Å²) in [6.45, 7) is 1.96. The van der Waals surface area contributed by atoms with Gasteiger partial charge in [0.05, 0.1) is 13.2 Å². The number of hydrogen-bond acceptors (Lipinski definition) is 2. The summed E-state index contributed by atoms with van der Waals surface area (Å²) in [6, 6.07) is 10.1. The van der Waals surface area contributed by atoms with Crippen LogP contribution in [-0.4, -0.2) is 12.2 Å². The monoisotopic (exact) mass is 338 g/mol. The molecule has 0 spiro atoms. The smallest absolute Gasteiger partial charge is 0.124 e. The molecule has 0 aliphatic carbocycles. The van der Waals surface area contributed by atoms with Crippen LogP contribution in [0.4, 0.5) is 4.39 Å². The molecule has 0 aliphatic rings. The average Bonchev–Trinajstić information content (AvgIpc) is 2.42. The Morgan fingerprint density at radius 2 is 2.00 bits per heavy atom. The number of benzene rings is 2. The molecule has 2 aromatic carbocycles. The van der Waals surface area contributed by atoms with Crippen molar-refractivity contribution in [3.8, 4) is 5.75 Å². The maximum Gasteiger partial charge on any atom is 0.124 e. The Kier molecular flexibility index (Phi) is 4.78. The van der Waals surface area contributed by atoms with Gasteiger partial charge in [-0.3, -0.25) is 0 Å². The molecule has 0 aliphatic heterocycles. The van der Waals surface area contributed by atoms with E-state index in [9.17, 15) is 9.50 Å². The molecule has 0 fully saturated rings. The minimum absolute atomic E-state index is 0.314. The summed E-state index contributed by atoms with van der Waals surface area (Å²) in [5, 5.41) is 10.4. The third kappa shape index (κ3) is 3.38. The maximum atomic E-state index is 13.3. The van der Waals surface area contributed by atoms with Crippen molar-refractivity contribution < 1.29 is 14.2 Å². The first-order valence-corrected chi connectivity index (χ1v) is 7.07. The van der Waals surface area contributed by atoms with E-state index in [-0.39, 0.29) is 5.82 Å². The SMILES string of the molecule is COc1cc(C)ccc1C(O)Cc1cc(F)ccc1Br. The summed E-state index contributed by atoms with van der Waals surface area (Å²) in [4.78, 5) is 0. The van der Waals surface area contributed by atoms with Gasteiger partial charge in [-0.2, -0.15) is 0 Å². The van der Waals surface area contributed by atoms with Crippen LogP contribution in [0.2, 0.25) is 0 Å². The van der Waals surface area contributed by atoms with Gasteiger partial charge < -0.3 is 9.84 Å². The van der Waals surface area contributed by atoms with Crippen LogP contribution in [0.15, 0.2) is 40.9 Å². The Hall–Kier alpha value is -1.39. The highest BCUT2D eigenvalue weighted by molar-refractivity contribution is 9.10. The standard InChI is InChI=1S/C16H16BrFO2/c1-10-3-5-13(16(7-10)20-2)15(19)9-11-8-12(18)4-6-14(11)17/h3-8,15,19H,9H2,1-2H3. The van der Waals surface area contributed by atoms with Gasteiger partial charge >= 0.3 is 0 Å². The average molecular weight is 339 g/mol. The minimum atomic E-state index is -0.747. The molecule has 1 N–H and O–H groups in total. The van der Waals surface area contributed by atoms with E-state index in [0.29, 0.717) is 17.7 Å². The molecule has 0 bridgehead atoms. The summed E-state index contributed by atoms with van der Waals surface area (Å²) in [5.41, 5.74) is 2.49. The molecule has 0 aromatic heterocycles. The molecular formula is C16H16BrFO2. The second-order valence-corrected chi connectivity index (χ2v) is 5.56. The third-order valence-electron chi connectivity index (χ3n) is 3.17. The molecule has 0 heterocycles. The van der Waals surface area contributed by atoms with Gasteiger partial charge in [0.1, 0.15) is 11.6 Å². The number of methoxy groups -OCH3 is 1. The van der Waals surface area contributed by atoms with E-state index in [1.807, 2.05) is 25.1 Å². The summed E-state index contributed by atoms with van der Waals surface area (Å²) >= 11 is 3.37. The molecular weight excluding hydrogens is 323 g/mol. The zero-order valence-electron chi connectivity index (χ0n) is 11.4. The Labute approximate surface area is 126 Å². The molecule has 20 heavy (non-hydrogen) atoms. The van der Waals surface area contributed by atoms with Crippen LogP contribution in [0.3, 0.4) is 0 Å². The van der Waals surface area contributed by atoms with Crippen molar-refractivity contribution in [2.45, 2.75) is 19.4 Å². The molecule has 2 aromatic rings. The quantitative estimate of drug-likeness (QED) is 0.905. The highest BCUT2D eigenvalue weighted by atomic mass is 79.9. The van der Waals surface area contributed by atoms with E-state index in [2.05, 4.69) is 15.9 Å². The normalized spacial score (nSPS) is 12.2. The largest absolute Gasteiger partial charge is 0.496 e. The van der Waals surface area contributed by atoms with Gasteiger partial charge in [0.15, 0.2) is 0 Å². The molecule has 0 saturated heterocycles. The molecule has 0 saturated carbocycles. The lowest BCUT2D eigenvalue weighted by molar-refractivity contribution is 0.173. The molecule has 0 radical (unpaired) electrons. The molecule has 106 valence electrons. The predicted octanol–water partition coefficient (Wildman–Crippen LogP) is 4.18. The van der Waals surface area contributed by atoms with E-state index in [4.69, 9.17) is 4.74 Å². The zero-order chi connectivity index (χ0) is 14.7. The van der Waals surface area contributed by atoms with Crippen LogP contribution in [0, 0.1) is 12.7 Å². The number of hydrogen-bond donors (Lipinski definition) is 1. The molecule has 0 amide bonds. The summed E-state index contributed by atoms with van der Waals surface area (Å²) in [6.07, 6.45) is -0.429. The fourth-order valence-electron chi connectivity index (χ4n) is 2.11. The number of ether oxygens (including phenoxy) is 1. The van der Waals surface area contributed by atoms with Crippen molar-refractivity contribution in [3.05, 3.63) is 63.4 Å². The number of halogens is 2. The topological polar surface area (TPSA) is 29.5 Å². The fourth-order valence-corrected chi connectivity index (χ4v) is 2.52. The van der Waals surface area contributed by atoms with E-state index in [1.54, 1.807) is 13.2 Å². The zero-order valence-corrected chi connectivity index (χ0v) is 12.9. The van der Waals surface area contributed by atoms with Crippen molar-refractivity contribution in [2.24, 2.45) is 0 Å². The molecule has 4 heteroatoms. The van der Waals surface area contributed by atoms with Crippen molar-refractivity contribution in [2.75, 3.05) is 7.11 Å². The Balaban J connectivity index is 2.28. The van der Waals surface area contributed by atoms with Gasteiger partial charge in [0.2, 0.25) is 0 Å². The second kappa shape index (κ2) is 6.37. The van der Waals surface area contributed by atoms with E-state index in [1.165, 1.54) is 12.1 Å². The number of aliphatic hydroxyl groups excluding tert-OH is 1. The lowest BCUT2D eigenvalue weighted by atomic mass is 9.99. The lowest BCUT2D eigenvalue weighted by Crippen LogP contribution is -2.05. The predicted molar refractivity (Wildman–Crippen MR) is 80.5 cm³/mol.